The molecule has 1 rings (SSSR count). The third-order valence-electron chi connectivity index (χ3n) is 3.40. The summed E-state index contributed by atoms with van der Waals surface area (Å²) in [5.74, 6) is 1.24. The van der Waals surface area contributed by atoms with Crippen molar-refractivity contribution in [2.45, 2.75) is 39.7 Å². The number of piperidine rings is 1. The quantitative estimate of drug-likeness (QED) is 0.724. The Morgan fingerprint density at radius 1 is 1.23 bits per heavy atom. The maximum atomic E-state index is 9.05. The summed E-state index contributed by atoms with van der Waals surface area (Å²) in [6.45, 7) is 9.47. The molecule has 1 aliphatic rings. The molecule has 2 nitrogen and oxygen atoms in total. The van der Waals surface area contributed by atoms with Gasteiger partial charge in [-0.3, -0.25) is 0 Å². The van der Waals surface area contributed by atoms with Crippen molar-refractivity contribution in [3.05, 3.63) is 0 Å². The van der Waals surface area contributed by atoms with Crippen LogP contribution in [-0.2, 0) is 0 Å². The van der Waals surface area contributed by atoms with Gasteiger partial charge < -0.3 is 10.0 Å². The highest BCUT2D eigenvalue weighted by Gasteiger charge is 2.24. The molecule has 0 aromatic rings. The number of rotatable bonds is 3. The van der Waals surface area contributed by atoms with Crippen molar-refractivity contribution in [1.82, 2.24) is 4.90 Å². The first-order valence-corrected chi connectivity index (χ1v) is 5.50. The van der Waals surface area contributed by atoms with Crippen molar-refractivity contribution in [3.63, 3.8) is 0 Å². The molecular formula is C11H23NO. The first-order valence-electron chi connectivity index (χ1n) is 5.50. The number of likely N-dealkylation sites (tertiary alicyclic amines) is 1. The van der Waals surface area contributed by atoms with Crippen LogP contribution in [-0.4, -0.2) is 35.7 Å². The van der Waals surface area contributed by atoms with E-state index in [-0.39, 0.29) is 0 Å². The van der Waals surface area contributed by atoms with E-state index >= 15 is 0 Å². The minimum absolute atomic E-state index is 0.354. The molecule has 0 aromatic heterocycles. The Bertz CT molecular complexity index is 139. The van der Waals surface area contributed by atoms with Gasteiger partial charge in [0.05, 0.1) is 0 Å². The van der Waals surface area contributed by atoms with Crippen molar-refractivity contribution in [1.29, 1.82) is 0 Å². The summed E-state index contributed by atoms with van der Waals surface area (Å²) >= 11 is 0. The molecule has 0 spiro atoms. The smallest absolute Gasteiger partial charge is 0.0459 e. The Labute approximate surface area is 81.9 Å². The standard InChI is InChI=1S/C11H23NO/c1-9(2)12-6-4-11(5-7-12)10(3)8-13/h9-11,13H,4-8H2,1-3H3. The van der Waals surface area contributed by atoms with Gasteiger partial charge in [-0.1, -0.05) is 6.92 Å². The predicted octanol–water partition coefficient (Wildman–Crippen LogP) is 1.74. The third kappa shape index (κ3) is 2.96. The van der Waals surface area contributed by atoms with E-state index < -0.39 is 0 Å². The second-order valence-electron chi connectivity index (χ2n) is 4.63. The van der Waals surface area contributed by atoms with Crippen LogP contribution in [0.1, 0.15) is 33.6 Å². The average Bonchev–Trinajstić information content (AvgIpc) is 2.17. The highest BCUT2D eigenvalue weighted by molar-refractivity contribution is 4.77. The average molecular weight is 185 g/mol. The summed E-state index contributed by atoms with van der Waals surface area (Å²) in [5.41, 5.74) is 0. The number of aliphatic hydroxyl groups is 1. The van der Waals surface area contributed by atoms with E-state index in [1.54, 1.807) is 0 Å². The topological polar surface area (TPSA) is 23.5 Å². The van der Waals surface area contributed by atoms with E-state index in [0.29, 0.717) is 18.6 Å². The highest BCUT2D eigenvalue weighted by atomic mass is 16.3. The predicted molar refractivity (Wildman–Crippen MR) is 55.7 cm³/mol. The molecule has 0 aliphatic carbocycles. The molecule has 1 atom stereocenters. The first kappa shape index (κ1) is 11.0. The van der Waals surface area contributed by atoms with Crippen LogP contribution in [0.25, 0.3) is 0 Å². The van der Waals surface area contributed by atoms with Crippen molar-refractivity contribution in [2.75, 3.05) is 19.7 Å². The molecular weight excluding hydrogens is 162 g/mol. The zero-order valence-corrected chi connectivity index (χ0v) is 9.16. The summed E-state index contributed by atoms with van der Waals surface area (Å²) in [4.78, 5) is 2.53. The van der Waals surface area contributed by atoms with Gasteiger partial charge in [0.2, 0.25) is 0 Å². The van der Waals surface area contributed by atoms with Crippen molar-refractivity contribution in [3.8, 4) is 0 Å². The van der Waals surface area contributed by atoms with Crippen LogP contribution in [0.2, 0.25) is 0 Å². The number of nitrogens with zero attached hydrogens (tertiary/aromatic N) is 1. The fourth-order valence-corrected chi connectivity index (χ4v) is 2.15. The summed E-state index contributed by atoms with van der Waals surface area (Å²) in [6, 6.07) is 0.686. The maximum absolute atomic E-state index is 9.05. The van der Waals surface area contributed by atoms with Gasteiger partial charge >= 0.3 is 0 Å². The second kappa shape index (κ2) is 4.97. The first-order chi connectivity index (χ1) is 6.15. The van der Waals surface area contributed by atoms with Crippen molar-refractivity contribution in [2.24, 2.45) is 11.8 Å². The number of hydrogen-bond acceptors (Lipinski definition) is 2. The van der Waals surface area contributed by atoms with Gasteiger partial charge in [0, 0.05) is 12.6 Å². The SMILES string of the molecule is CC(CO)C1CCN(C(C)C)CC1. The molecule has 1 saturated heterocycles. The zero-order valence-electron chi connectivity index (χ0n) is 9.16. The molecule has 2 heteroatoms. The van der Waals surface area contributed by atoms with Gasteiger partial charge in [0.15, 0.2) is 0 Å². The lowest BCUT2D eigenvalue weighted by Gasteiger charge is -2.36. The summed E-state index contributed by atoms with van der Waals surface area (Å²) in [5, 5.41) is 9.05. The van der Waals surface area contributed by atoms with Gasteiger partial charge in [0.1, 0.15) is 0 Å². The van der Waals surface area contributed by atoms with Crippen LogP contribution in [0.4, 0.5) is 0 Å². The zero-order chi connectivity index (χ0) is 9.84. The number of aliphatic hydroxyl groups excluding tert-OH is 1. The summed E-state index contributed by atoms with van der Waals surface area (Å²) in [7, 11) is 0. The Morgan fingerprint density at radius 2 is 1.77 bits per heavy atom. The van der Waals surface area contributed by atoms with E-state index in [1.165, 1.54) is 25.9 Å². The van der Waals surface area contributed by atoms with Gasteiger partial charge in [-0.05, 0) is 51.6 Å². The molecule has 0 saturated carbocycles. The fraction of sp³-hybridized carbons (Fsp3) is 1.00. The van der Waals surface area contributed by atoms with E-state index in [4.69, 9.17) is 5.11 Å². The monoisotopic (exact) mass is 185 g/mol. The molecule has 1 N–H and O–H groups in total. The molecule has 0 amide bonds. The second-order valence-corrected chi connectivity index (χ2v) is 4.63. The van der Waals surface area contributed by atoms with Crippen LogP contribution in [0, 0.1) is 11.8 Å². The van der Waals surface area contributed by atoms with E-state index in [9.17, 15) is 0 Å². The lowest BCUT2D eigenvalue weighted by molar-refractivity contribution is 0.0989. The maximum Gasteiger partial charge on any atom is 0.0459 e. The summed E-state index contributed by atoms with van der Waals surface area (Å²) < 4.78 is 0. The van der Waals surface area contributed by atoms with Crippen LogP contribution >= 0.6 is 0 Å². The van der Waals surface area contributed by atoms with Crippen LogP contribution < -0.4 is 0 Å². The molecule has 1 fully saturated rings. The van der Waals surface area contributed by atoms with Crippen LogP contribution in [0.15, 0.2) is 0 Å². The molecule has 0 bridgehead atoms. The Balaban J connectivity index is 2.30. The molecule has 78 valence electrons. The van der Waals surface area contributed by atoms with Gasteiger partial charge in [-0.25, -0.2) is 0 Å². The van der Waals surface area contributed by atoms with Crippen LogP contribution in [0.5, 0.6) is 0 Å². The lowest BCUT2D eigenvalue weighted by Crippen LogP contribution is -2.40. The molecule has 1 unspecified atom stereocenters. The minimum atomic E-state index is 0.354. The van der Waals surface area contributed by atoms with Gasteiger partial charge in [-0.2, -0.15) is 0 Å². The molecule has 0 aromatic carbocycles. The highest BCUT2D eigenvalue weighted by Crippen LogP contribution is 2.25. The van der Waals surface area contributed by atoms with Crippen LogP contribution in [0.3, 0.4) is 0 Å². The molecule has 0 radical (unpaired) electrons. The lowest BCUT2D eigenvalue weighted by atomic mass is 9.85. The van der Waals surface area contributed by atoms with Crippen molar-refractivity contribution < 1.29 is 5.11 Å². The van der Waals surface area contributed by atoms with Gasteiger partial charge in [-0.15, -0.1) is 0 Å². The van der Waals surface area contributed by atoms with E-state index in [2.05, 4.69) is 25.7 Å². The van der Waals surface area contributed by atoms with E-state index in [1.807, 2.05) is 0 Å². The Kier molecular flexibility index (Phi) is 4.20. The largest absolute Gasteiger partial charge is 0.396 e. The Morgan fingerprint density at radius 3 is 2.15 bits per heavy atom. The molecule has 1 aliphatic heterocycles. The van der Waals surface area contributed by atoms with Crippen molar-refractivity contribution >= 4 is 0 Å². The Hall–Kier alpha value is -0.0800. The molecule has 13 heavy (non-hydrogen) atoms. The minimum Gasteiger partial charge on any atom is -0.396 e. The normalized spacial score (nSPS) is 23.8. The summed E-state index contributed by atoms with van der Waals surface area (Å²) in [6.07, 6.45) is 2.53. The number of hydrogen-bond donors (Lipinski definition) is 1. The third-order valence-corrected chi connectivity index (χ3v) is 3.40. The van der Waals surface area contributed by atoms with Gasteiger partial charge in [0.25, 0.3) is 0 Å². The van der Waals surface area contributed by atoms with E-state index in [0.717, 1.165) is 5.92 Å². The fourth-order valence-electron chi connectivity index (χ4n) is 2.15. The molecule has 1 heterocycles.